The van der Waals surface area contributed by atoms with Crippen molar-refractivity contribution in [3.05, 3.63) is 83.0 Å². The van der Waals surface area contributed by atoms with Crippen LogP contribution in [0.2, 0.25) is 0 Å². The molecular formula is C21H18N4O2. The Labute approximate surface area is 155 Å². The number of pyridine rings is 1. The van der Waals surface area contributed by atoms with Crippen molar-refractivity contribution in [1.82, 2.24) is 14.8 Å². The van der Waals surface area contributed by atoms with Gasteiger partial charge in [0.25, 0.3) is 5.56 Å². The number of hydrogen-bond acceptors (Lipinski definition) is 3. The van der Waals surface area contributed by atoms with E-state index in [2.05, 4.69) is 15.5 Å². The fourth-order valence-corrected chi connectivity index (χ4v) is 3.15. The van der Waals surface area contributed by atoms with E-state index in [9.17, 15) is 9.59 Å². The lowest BCUT2D eigenvalue weighted by atomic mass is 10.0. The van der Waals surface area contributed by atoms with E-state index in [0.717, 1.165) is 27.8 Å². The molecule has 6 nitrogen and oxygen atoms in total. The van der Waals surface area contributed by atoms with E-state index in [0.29, 0.717) is 11.9 Å². The van der Waals surface area contributed by atoms with E-state index in [1.165, 1.54) is 6.92 Å². The molecular weight excluding hydrogens is 340 g/mol. The second kappa shape index (κ2) is 6.92. The molecule has 4 rings (SSSR count). The van der Waals surface area contributed by atoms with Gasteiger partial charge in [0, 0.05) is 36.0 Å². The molecule has 2 N–H and O–H groups in total. The average Bonchev–Trinajstić information content (AvgIpc) is 3.18. The van der Waals surface area contributed by atoms with E-state index in [-0.39, 0.29) is 11.5 Å². The predicted molar refractivity (Wildman–Crippen MR) is 106 cm³/mol. The maximum Gasteiger partial charge on any atom is 0.258 e. The van der Waals surface area contributed by atoms with Gasteiger partial charge in [-0.2, -0.15) is 5.10 Å². The van der Waals surface area contributed by atoms with Crippen molar-refractivity contribution in [3.63, 3.8) is 0 Å². The first-order valence-corrected chi connectivity index (χ1v) is 8.59. The molecule has 0 spiro atoms. The zero-order valence-corrected chi connectivity index (χ0v) is 14.8. The first-order chi connectivity index (χ1) is 13.1. The summed E-state index contributed by atoms with van der Waals surface area (Å²) in [4.78, 5) is 24.1. The van der Waals surface area contributed by atoms with Crippen molar-refractivity contribution >= 4 is 22.4 Å². The number of nitrogens with one attached hydrogen (secondary N) is 2. The molecule has 0 saturated heterocycles. The molecule has 6 heteroatoms. The Balaban J connectivity index is 1.67. The molecule has 4 aromatic rings. The van der Waals surface area contributed by atoms with Crippen LogP contribution in [0.3, 0.4) is 0 Å². The van der Waals surface area contributed by atoms with Crippen molar-refractivity contribution in [1.29, 1.82) is 0 Å². The van der Waals surface area contributed by atoms with Crippen LogP contribution in [0.1, 0.15) is 12.5 Å². The number of benzene rings is 2. The van der Waals surface area contributed by atoms with Crippen LogP contribution in [0, 0.1) is 0 Å². The van der Waals surface area contributed by atoms with Gasteiger partial charge in [-0.05, 0) is 46.8 Å². The molecule has 0 atom stereocenters. The smallest absolute Gasteiger partial charge is 0.258 e. The molecule has 27 heavy (non-hydrogen) atoms. The minimum absolute atomic E-state index is 0.0452. The van der Waals surface area contributed by atoms with Gasteiger partial charge in [-0.3, -0.25) is 14.7 Å². The number of amides is 1. The van der Waals surface area contributed by atoms with Gasteiger partial charge in [-0.1, -0.05) is 18.2 Å². The van der Waals surface area contributed by atoms with Crippen LogP contribution in [-0.2, 0) is 11.3 Å². The molecule has 1 amide bonds. The number of aromatic nitrogens is 3. The summed E-state index contributed by atoms with van der Waals surface area (Å²) in [5.41, 5.74) is 3.61. The van der Waals surface area contributed by atoms with Crippen molar-refractivity contribution < 1.29 is 4.79 Å². The summed E-state index contributed by atoms with van der Waals surface area (Å²) < 4.78 is 1.67. The Kier molecular flexibility index (Phi) is 4.30. The van der Waals surface area contributed by atoms with Gasteiger partial charge in [-0.15, -0.1) is 0 Å². The molecule has 134 valence electrons. The molecule has 0 saturated carbocycles. The van der Waals surface area contributed by atoms with Gasteiger partial charge in [-0.25, -0.2) is 0 Å². The molecule has 2 heterocycles. The zero-order chi connectivity index (χ0) is 18.8. The standard InChI is InChI=1S/C21H18N4O2/c1-14(26)24-19-4-2-3-15(9-19)13-25-8-7-17-10-16(18-11-22-23-12-18)5-6-20(17)21(25)27/h2-12H,13H2,1H3,(H,22,23)(H,24,26). The van der Waals surface area contributed by atoms with Gasteiger partial charge < -0.3 is 9.88 Å². The second-order valence-electron chi connectivity index (χ2n) is 6.42. The zero-order valence-electron chi connectivity index (χ0n) is 14.8. The first kappa shape index (κ1) is 16.8. The largest absolute Gasteiger partial charge is 0.326 e. The fraction of sp³-hybridized carbons (Fsp3) is 0.0952. The van der Waals surface area contributed by atoms with Crippen LogP contribution >= 0.6 is 0 Å². The Bertz CT molecular complexity index is 1180. The summed E-state index contributed by atoms with van der Waals surface area (Å²) in [7, 11) is 0. The summed E-state index contributed by atoms with van der Waals surface area (Å²) in [6.45, 7) is 1.91. The molecule has 0 bridgehead atoms. The van der Waals surface area contributed by atoms with E-state index < -0.39 is 0 Å². The van der Waals surface area contributed by atoms with Crippen molar-refractivity contribution in [2.24, 2.45) is 0 Å². The minimum Gasteiger partial charge on any atom is -0.326 e. The first-order valence-electron chi connectivity index (χ1n) is 8.59. The predicted octanol–water partition coefficient (Wildman–Crippen LogP) is 3.40. The number of fused-ring (bicyclic) bond motifs is 1. The molecule has 0 aliphatic carbocycles. The van der Waals surface area contributed by atoms with Crippen LogP contribution in [0.15, 0.2) is 71.9 Å². The molecule has 0 unspecified atom stereocenters. The normalized spacial score (nSPS) is 10.9. The van der Waals surface area contributed by atoms with Gasteiger partial charge in [0.1, 0.15) is 0 Å². The molecule has 2 aromatic heterocycles. The lowest BCUT2D eigenvalue weighted by Gasteiger charge is -2.10. The number of nitrogens with zero attached hydrogens (tertiary/aromatic N) is 2. The number of carbonyl (C=O) groups is 1. The summed E-state index contributed by atoms with van der Waals surface area (Å²) in [5.74, 6) is -0.122. The average molecular weight is 358 g/mol. The van der Waals surface area contributed by atoms with Crippen LogP contribution in [-0.4, -0.2) is 20.7 Å². The monoisotopic (exact) mass is 358 g/mol. The summed E-state index contributed by atoms with van der Waals surface area (Å²) in [5, 5.41) is 11.1. The van der Waals surface area contributed by atoms with Crippen LogP contribution < -0.4 is 10.9 Å². The topological polar surface area (TPSA) is 79.8 Å². The molecule has 0 aliphatic heterocycles. The lowest BCUT2D eigenvalue weighted by molar-refractivity contribution is -0.114. The third-order valence-corrected chi connectivity index (χ3v) is 4.41. The SMILES string of the molecule is CC(=O)Nc1cccc(Cn2ccc3cc(-c4cn[nH]c4)ccc3c2=O)c1. The van der Waals surface area contributed by atoms with E-state index in [4.69, 9.17) is 0 Å². The summed E-state index contributed by atoms with van der Waals surface area (Å²) in [6.07, 6.45) is 5.38. The third-order valence-electron chi connectivity index (χ3n) is 4.41. The van der Waals surface area contributed by atoms with Crippen molar-refractivity contribution in [2.75, 3.05) is 5.32 Å². The maximum atomic E-state index is 12.9. The van der Waals surface area contributed by atoms with Gasteiger partial charge in [0.15, 0.2) is 0 Å². The Morgan fingerprint density at radius 1 is 1.15 bits per heavy atom. The number of rotatable bonds is 4. The molecule has 2 aromatic carbocycles. The number of carbonyl (C=O) groups excluding carboxylic acids is 1. The van der Waals surface area contributed by atoms with E-state index in [1.54, 1.807) is 17.0 Å². The highest BCUT2D eigenvalue weighted by atomic mass is 16.1. The van der Waals surface area contributed by atoms with Gasteiger partial charge in [0.05, 0.1) is 12.7 Å². The number of aromatic amines is 1. The number of hydrogen-bond donors (Lipinski definition) is 2. The molecule has 0 fully saturated rings. The summed E-state index contributed by atoms with van der Waals surface area (Å²) >= 11 is 0. The van der Waals surface area contributed by atoms with Crippen LogP contribution in [0.25, 0.3) is 21.9 Å². The Morgan fingerprint density at radius 2 is 2.04 bits per heavy atom. The Hall–Kier alpha value is -3.67. The van der Waals surface area contributed by atoms with Crippen LogP contribution in [0.5, 0.6) is 0 Å². The van der Waals surface area contributed by atoms with Gasteiger partial charge in [0.2, 0.25) is 5.91 Å². The van der Waals surface area contributed by atoms with E-state index in [1.807, 2.05) is 54.7 Å². The summed E-state index contributed by atoms with van der Waals surface area (Å²) in [6, 6.07) is 15.2. The third kappa shape index (κ3) is 3.50. The highest BCUT2D eigenvalue weighted by molar-refractivity contribution is 5.88. The van der Waals surface area contributed by atoms with Crippen LogP contribution in [0.4, 0.5) is 5.69 Å². The quantitative estimate of drug-likeness (QED) is 0.587. The Morgan fingerprint density at radius 3 is 2.81 bits per heavy atom. The maximum absolute atomic E-state index is 12.9. The van der Waals surface area contributed by atoms with Crippen molar-refractivity contribution in [3.8, 4) is 11.1 Å². The van der Waals surface area contributed by atoms with Crippen molar-refractivity contribution in [2.45, 2.75) is 13.5 Å². The fourth-order valence-electron chi connectivity index (χ4n) is 3.15. The van der Waals surface area contributed by atoms with Gasteiger partial charge >= 0.3 is 0 Å². The molecule has 0 aliphatic rings. The highest BCUT2D eigenvalue weighted by Gasteiger charge is 2.07. The lowest BCUT2D eigenvalue weighted by Crippen LogP contribution is -2.20. The number of anilines is 1. The second-order valence-corrected chi connectivity index (χ2v) is 6.42. The number of H-pyrrole nitrogens is 1. The molecule has 0 radical (unpaired) electrons. The highest BCUT2D eigenvalue weighted by Crippen LogP contribution is 2.22. The minimum atomic E-state index is -0.122. The van der Waals surface area contributed by atoms with E-state index >= 15 is 0 Å².